The largest absolute Gasteiger partial charge is 0.328 e. The summed E-state index contributed by atoms with van der Waals surface area (Å²) in [5, 5.41) is 7.68. The molecule has 3 aliphatic carbocycles. The van der Waals surface area contributed by atoms with E-state index in [9.17, 15) is 0 Å². The quantitative estimate of drug-likeness (QED) is 0.725. The van der Waals surface area contributed by atoms with E-state index in [1.165, 1.54) is 63.6 Å². The average Bonchev–Trinajstić information content (AvgIpc) is 3.49. The van der Waals surface area contributed by atoms with Crippen LogP contribution in [0.25, 0.3) is 0 Å². The van der Waals surface area contributed by atoms with Crippen LogP contribution in [0, 0.1) is 5.41 Å². The Morgan fingerprint density at radius 3 is 2.35 bits per heavy atom. The van der Waals surface area contributed by atoms with Crippen LogP contribution < -0.4 is 16.4 Å². The second-order valence-electron chi connectivity index (χ2n) is 8.23. The number of benzene rings is 1. The fourth-order valence-corrected chi connectivity index (χ4v) is 4.11. The molecular formula is C20H31N3. The number of rotatable bonds is 7. The van der Waals surface area contributed by atoms with Crippen molar-refractivity contribution in [3.8, 4) is 0 Å². The summed E-state index contributed by atoms with van der Waals surface area (Å²) in [5.41, 5.74) is 8.05. The Hall–Kier alpha value is -0.900. The molecule has 3 heteroatoms. The lowest BCUT2D eigenvalue weighted by molar-refractivity contribution is 0.312. The van der Waals surface area contributed by atoms with Gasteiger partial charge in [0.15, 0.2) is 0 Å². The first-order valence-corrected chi connectivity index (χ1v) is 9.51. The summed E-state index contributed by atoms with van der Waals surface area (Å²) < 4.78 is 0. The predicted octanol–water partition coefficient (Wildman–Crippen LogP) is 2.77. The lowest BCUT2D eigenvalue weighted by Gasteiger charge is -2.29. The highest BCUT2D eigenvalue weighted by Crippen LogP contribution is 2.47. The van der Waals surface area contributed by atoms with Crippen LogP contribution in [-0.2, 0) is 0 Å². The third-order valence-corrected chi connectivity index (χ3v) is 6.25. The molecule has 0 heterocycles. The number of hydrogen-bond acceptors (Lipinski definition) is 3. The molecule has 0 spiro atoms. The van der Waals surface area contributed by atoms with Crippen molar-refractivity contribution >= 4 is 0 Å². The van der Waals surface area contributed by atoms with Crippen LogP contribution in [0.15, 0.2) is 30.3 Å². The van der Waals surface area contributed by atoms with Gasteiger partial charge in [-0.3, -0.25) is 0 Å². The number of nitrogens with one attached hydrogen (secondary N) is 2. The molecule has 3 saturated carbocycles. The summed E-state index contributed by atoms with van der Waals surface area (Å²) in [4.78, 5) is 0. The van der Waals surface area contributed by atoms with Crippen molar-refractivity contribution in [1.29, 1.82) is 0 Å². The zero-order chi connectivity index (χ0) is 15.7. The minimum absolute atomic E-state index is 0.453. The van der Waals surface area contributed by atoms with Crippen molar-refractivity contribution in [3.63, 3.8) is 0 Å². The van der Waals surface area contributed by atoms with Crippen molar-refractivity contribution in [3.05, 3.63) is 35.9 Å². The number of hydrogen-bond donors (Lipinski definition) is 3. The smallest absolute Gasteiger partial charge is 0.0143 e. The van der Waals surface area contributed by atoms with E-state index in [0.717, 1.165) is 5.92 Å². The van der Waals surface area contributed by atoms with Crippen molar-refractivity contribution < 1.29 is 0 Å². The first kappa shape index (κ1) is 15.6. The van der Waals surface area contributed by atoms with Crippen LogP contribution in [0.5, 0.6) is 0 Å². The molecule has 0 unspecified atom stereocenters. The average molecular weight is 313 g/mol. The SMILES string of the molecule is NC1CCC(NCC2(CN[C@H]3C[C@@H]3c3ccccc3)CC2)CC1. The third-order valence-electron chi connectivity index (χ3n) is 6.25. The summed E-state index contributed by atoms with van der Waals surface area (Å²) in [6, 6.07) is 12.8. The van der Waals surface area contributed by atoms with E-state index in [1.54, 1.807) is 0 Å². The van der Waals surface area contributed by atoms with Gasteiger partial charge in [0, 0.05) is 37.1 Å². The van der Waals surface area contributed by atoms with Crippen molar-refractivity contribution in [2.45, 2.75) is 69.0 Å². The van der Waals surface area contributed by atoms with Gasteiger partial charge < -0.3 is 16.4 Å². The Morgan fingerprint density at radius 1 is 0.957 bits per heavy atom. The zero-order valence-electron chi connectivity index (χ0n) is 14.1. The summed E-state index contributed by atoms with van der Waals surface area (Å²) in [6.07, 6.45) is 9.03. The highest BCUT2D eigenvalue weighted by atomic mass is 15.0. The first-order valence-electron chi connectivity index (χ1n) is 9.51. The molecule has 0 amide bonds. The first-order chi connectivity index (χ1) is 11.2. The Bertz CT molecular complexity index is 503. The van der Waals surface area contributed by atoms with Gasteiger partial charge in [-0.25, -0.2) is 0 Å². The van der Waals surface area contributed by atoms with Crippen LogP contribution in [0.4, 0.5) is 0 Å². The molecule has 0 bridgehead atoms. The molecule has 1 aromatic rings. The maximum absolute atomic E-state index is 6.00. The lowest BCUT2D eigenvalue weighted by Crippen LogP contribution is -2.42. The van der Waals surface area contributed by atoms with Gasteiger partial charge in [-0.05, 0) is 55.9 Å². The molecule has 23 heavy (non-hydrogen) atoms. The normalized spacial score (nSPS) is 35.0. The number of nitrogens with two attached hydrogens (primary N) is 1. The molecule has 0 aromatic heterocycles. The highest BCUT2D eigenvalue weighted by Gasteiger charge is 2.45. The monoisotopic (exact) mass is 313 g/mol. The van der Waals surface area contributed by atoms with E-state index >= 15 is 0 Å². The maximum atomic E-state index is 6.00. The Labute approximate surface area is 140 Å². The predicted molar refractivity (Wildman–Crippen MR) is 95.5 cm³/mol. The van der Waals surface area contributed by atoms with E-state index in [0.29, 0.717) is 23.5 Å². The van der Waals surface area contributed by atoms with Crippen molar-refractivity contribution in [2.24, 2.45) is 11.1 Å². The third kappa shape index (κ3) is 3.96. The molecule has 2 atom stereocenters. The maximum Gasteiger partial charge on any atom is 0.0143 e. The zero-order valence-corrected chi connectivity index (χ0v) is 14.1. The van der Waals surface area contributed by atoms with Gasteiger partial charge in [0.25, 0.3) is 0 Å². The molecule has 3 nitrogen and oxygen atoms in total. The van der Waals surface area contributed by atoms with Crippen molar-refractivity contribution in [1.82, 2.24) is 10.6 Å². The summed E-state index contributed by atoms with van der Waals surface area (Å²) in [5.74, 6) is 0.750. The van der Waals surface area contributed by atoms with Crippen LogP contribution in [-0.4, -0.2) is 31.2 Å². The van der Waals surface area contributed by atoms with E-state index in [1.807, 2.05) is 0 Å². The second kappa shape index (κ2) is 6.54. The fourth-order valence-electron chi connectivity index (χ4n) is 4.11. The van der Waals surface area contributed by atoms with E-state index in [2.05, 4.69) is 41.0 Å². The van der Waals surface area contributed by atoms with Gasteiger partial charge in [0.05, 0.1) is 0 Å². The van der Waals surface area contributed by atoms with Crippen LogP contribution in [0.2, 0.25) is 0 Å². The minimum atomic E-state index is 0.453. The molecular weight excluding hydrogens is 282 g/mol. The summed E-state index contributed by atoms with van der Waals surface area (Å²) in [6.45, 7) is 2.39. The fraction of sp³-hybridized carbons (Fsp3) is 0.700. The molecule has 126 valence electrons. The Balaban J connectivity index is 1.18. The molecule has 0 aliphatic heterocycles. The summed E-state index contributed by atoms with van der Waals surface area (Å²) >= 11 is 0. The minimum Gasteiger partial charge on any atom is -0.328 e. The van der Waals surface area contributed by atoms with E-state index in [4.69, 9.17) is 5.73 Å². The van der Waals surface area contributed by atoms with Gasteiger partial charge in [-0.15, -0.1) is 0 Å². The van der Waals surface area contributed by atoms with Gasteiger partial charge in [-0.2, -0.15) is 0 Å². The van der Waals surface area contributed by atoms with Gasteiger partial charge >= 0.3 is 0 Å². The topological polar surface area (TPSA) is 50.1 Å². The van der Waals surface area contributed by atoms with Crippen LogP contribution in [0.3, 0.4) is 0 Å². The molecule has 1 aromatic carbocycles. The lowest BCUT2D eigenvalue weighted by atomic mass is 9.91. The standard InChI is InChI=1S/C20H31N3/c21-16-6-8-17(9-7-16)22-13-20(10-11-20)14-23-19-12-18(19)15-4-2-1-3-5-15/h1-5,16-19,22-23H,6-14,21H2/t16?,17?,18-,19+/m1/s1. The van der Waals surface area contributed by atoms with E-state index < -0.39 is 0 Å². The van der Waals surface area contributed by atoms with E-state index in [-0.39, 0.29) is 0 Å². The Kier molecular flexibility index (Phi) is 4.44. The van der Waals surface area contributed by atoms with Crippen molar-refractivity contribution in [2.75, 3.05) is 13.1 Å². The second-order valence-corrected chi connectivity index (χ2v) is 8.23. The van der Waals surface area contributed by atoms with Gasteiger partial charge in [-0.1, -0.05) is 30.3 Å². The molecule has 3 fully saturated rings. The Morgan fingerprint density at radius 2 is 1.65 bits per heavy atom. The van der Waals surface area contributed by atoms with Gasteiger partial charge in [0.1, 0.15) is 0 Å². The van der Waals surface area contributed by atoms with Crippen LogP contribution >= 0.6 is 0 Å². The molecule has 0 saturated heterocycles. The molecule has 3 aliphatic rings. The van der Waals surface area contributed by atoms with Crippen LogP contribution in [0.1, 0.15) is 56.4 Å². The highest BCUT2D eigenvalue weighted by molar-refractivity contribution is 5.27. The molecule has 0 radical (unpaired) electrons. The van der Waals surface area contributed by atoms with Gasteiger partial charge in [0.2, 0.25) is 0 Å². The molecule has 4 N–H and O–H groups in total. The molecule has 4 rings (SSSR count). The summed E-state index contributed by atoms with van der Waals surface area (Å²) in [7, 11) is 0.